The molecule has 80 valence electrons. The van der Waals surface area contributed by atoms with E-state index >= 15 is 0 Å². The van der Waals surface area contributed by atoms with E-state index in [4.69, 9.17) is 33.7 Å². The Morgan fingerprint density at radius 2 is 2.00 bits per heavy atom. The Kier molecular flexibility index (Phi) is 4.61. The van der Waals surface area contributed by atoms with Gasteiger partial charge in [-0.25, -0.2) is 0 Å². The van der Waals surface area contributed by atoms with Crippen molar-refractivity contribution in [3.63, 3.8) is 0 Å². The molecule has 0 radical (unpaired) electrons. The number of ether oxygens (including phenoxy) is 1. The van der Waals surface area contributed by atoms with Crippen LogP contribution >= 0.6 is 23.2 Å². The zero-order chi connectivity index (χ0) is 11.3. The average molecular weight is 244 g/mol. The summed E-state index contributed by atoms with van der Waals surface area (Å²) >= 11 is 11.6. The number of nitrogens with two attached hydrogens (primary N) is 1. The first-order valence-corrected chi connectivity index (χ1v) is 5.17. The molecule has 0 saturated heterocycles. The largest absolute Gasteiger partial charge is 0.490 e. The third kappa shape index (κ3) is 3.54. The van der Waals surface area contributed by atoms with Gasteiger partial charge in [-0.1, -0.05) is 23.2 Å². The molecule has 0 aliphatic carbocycles. The van der Waals surface area contributed by atoms with E-state index < -0.39 is 0 Å². The van der Waals surface area contributed by atoms with E-state index in [9.17, 15) is 0 Å². The van der Waals surface area contributed by atoms with Gasteiger partial charge in [0.05, 0.1) is 22.3 Å². The Balaban J connectivity index is 2.67. The van der Waals surface area contributed by atoms with Crippen LogP contribution in [0.15, 0.2) is 12.1 Å². The van der Waals surface area contributed by atoms with E-state index in [1.54, 1.807) is 19.1 Å². The van der Waals surface area contributed by atoms with Gasteiger partial charge in [-0.15, -0.1) is 11.8 Å². The highest BCUT2D eigenvalue weighted by molar-refractivity contribution is 6.42. The van der Waals surface area contributed by atoms with E-state index in [-0.39, 0.29) is 0 Å². The topological polar surface area (TPSA) is 35.2 Å². The molecule has 0 atom stereocenters. The van der Waals surface area contributed by atoms with E-state index in [2.05, 4.69) is 11.8 Å². The lowest BCUT2D eigenvalue weighted by atomic mass is 10.3. The molecule has 4 heteroatoms. The predicted molar refractivity (Wildman–Crippen MR) is 64.4 cm³/mol. The SMILES string of the molecule is CC#CCCOc1cc(Cl)c(Cl)cc1N. The second-order valence-electron chi connectivity index (χ2n) is 2.83. The van der Waals surface area contributed by atoms with Crippen molar-refractivity contribution >= 4 is 28.9 Å². The normalized spacial score (nSPS) is 9.27. The van der Waals surface area contributed by atoms with Crippen molar-refractivity contribution in [3.8, 4) is 17.6 Å². The Hall–Kier alpha value is -1.04. The van der Waals surface area contributed by atoms with Crippen LogP contribution in [0.25, 0.3) is 0 Å². The molecular formula is C11H11Cl2NO. The quantitative estimate of drug-likeness (QED) is 0.502. The van der Waals surface area contributed by atoms with E-state index in [0.717, 1.165) is 0 Å². The molecule has 1 aromatic carbocycles. The molecule has 0 aliphatic heterocycles. The summed E-state index contributed by atoms with van der Waals surface area (Å²) in [5.74, 6) is 6.21. The second-order valence-corrected chi connectivity index (χ2v) is 3.64. The molecule has 15 heavy (non-hydrogen) atoms. The minimum atomic E-state index is 0.426. The molecule has 0 spiro atoms. The maximum atomic E-state index is 5.83. The van der Waals surface area contributed by atoms with Gasteiger partial charge >= 0.3 is 0 Å². The van der Waals surface area contributed by atoms with Crippen LogP contribution in [0.5, 0.6) is 5.75 Å². The third-order valence-electron chi connectivity index (χ3n) is 1.71. The van der Waals surface area contributed by atoms with Crippen molar-refractivity contribution in [2.24, 2.45) is 0 Å². The summed E-state index contributed by atoms with van der Waals surface area (Å²) in [4.78, 5) is 0. The van der Waals surface area contributed by atoms with Crippen LogP contribution in [-0.2, 0) is 0 Å². The van der Waals surface area contributed by atoms with Crippen molar-refractivity contribution in [1.82, 2.24) is 0 Å². The molecule has 0 heterocycles. The molecule has 0 aromatic heterocycles. The van der Waals surface area contributed by atoms with Crippen LogP contribution in [-0.4, -0.2) is 6.61 Å². The van der Waals surface area contributed by atoms with Gasteiger partial charge in [-0.2, -0.15) is 0 Å². The van der Waals surface area contributed by atoms with Gasteiger partial charge in [0.1, 0.15) is 5.75 Å². The zero-order valence-electron chi connectivity index (χ0n) is 8.31. The van der Waals surface area contributed by atoms with Crippen molar-refractivity contribution in [2.75, 3.05) is 12.3 Å². The minimum absolute atomic E-state index is 0.426. The lowest BCUT2D eigenvalue weighted by molar-refractivity contribution is 0.329. The molecular weight excluding hydrogens is 233 g/mol. The van der Waals surface area contributed by atoms with Crippen LogP contribution in [0.3, 0.4) is 0 Å². The standard InChI is InChI=1S/C11H11Cl2NO/c1-2-3-4-5-15-11-7-9(13)8(12)6-10(11)14/h6-7H,4-5,14H2,1H3. The van der Waals surface area contributed by atoms with Crippen LogP contribution < -0.4 is 10.5 Å². The lowest BCUT2D eigenvalue weighted by Crippen LogP contribution is -1.99. The van der Waals surface area contributed by atoms with Gasteiger partial charge in [0, 0.05) is 12.5 Å². The van der Waals surface area contributed by atoms with E-state index in [1.807, 2.05) is 0 Å². The Morgan fingerprint density at radius 3 is 2.67 bits per heavy atom. The maximum absolute atomic E-state index is 5.83. The highest BCUT2D eigenvalue weighted by Gasteiger charge is 2.05. The highest BCUT2D eigenvalue weighted by atomic mass is 35.5. The van der Waals surface area contributed by atoms with Gasteiger partial charge < -0.3 is 10.5 Å². The molecule has 2 N–H and O–H groups in total. The Bertz CT molecular complexity index is 407. The summed E-state index contributed by atoms with van der Waals surface area (Å²) in [6.07, 6.45) is 0.663. The fourth-order valence-corrected chi connectivity index (χ4v) is 1.33. The van der Waals surface area contributed by atoms with Crippen molar-refractivity contribution in [2.45, 2.75) is 13.3 Å². The molecule has 2 nitrogen and oxygen atoms in total. The van der Waals surface area contributed by atoms with Crippen molar-refractivity contribution in [1.29, 1.82) is 0 Å². The summed E-state index contributed by atoms with van der Waals surface area (Å²) in [5.41, 5.74) is 6.18. The number of nitrogen functional groups attached to an aromatic ring is 1. The Labute approximate surface area is 99.3 Å². The first kappa shape index (κ1) is 12.0. The fraction of sp³-hybridized carbons (Fsp3) is 0.273. The summed E-state index contributed by atoms with van der Waals surface area (Å²) in [5, 5.41) is 0.859. The molecule has 0 bridgehead atoms. The maximum Gasteiger partial charge on any atom is 0.143 e. The summed E-state index contributed by atoms with van der Waals surface area (Å²) in [7, 11) is 0. The van der Waals surface area contributed by atoms with Crippen LogP contribution in [0.2, 0.25) is 10.0 Å². The Morgan fingerprint density at radius 1 is 1.33 bits per heavy atom. The molecule has 0 unspecified atom stereocenters. The van der Waals surface area contributed by atoms with Crippen LogP contribution in [0, 0.1) is 11.8 Å². The van der Waals surface area contributed by atoms with Gasteiger partial charge in [-0.3, -0.25) is 0 Å². The number of hydrogen-bond acceptors (Lipinski definition) is 2. The smallest absolute Gasteiger partial charge is 0.143 e. The summed E-state index contributed by atoms with van der Waals surface area (Å²) < 4.78 is 5.40. The van der Waals surface area contributed by atoms with Gasteiger partial charge in [0.25, 0.3) is 0 Å². The number of anilines is 1. The van der Waals surface area contributed by atoms with Crippen molar-refractivity contribution < 1.29 is 4.74 Å². The highest BCUT2D eigenvalue weighted by Crippen LogP contribution is 2.32. The second kappa shape index (κ2) is 5.75. The van der Waals surface area contributed by atoms with E-state index in [0.29, 0.717) is 34.5 Å². The number of benzene rings is 1. The first-order valence-electron chi connectivity index (χ1n) is 4.42. The molecule has 0 fully saturated rings. The van der Waals surface area contributed by atoms with Gasteiger partial charge in [0.15, 0.2) is 0 Å². The van der Waals surface area contributed by atoms with Crippen LogP contribution in [0.1, 0.15) is 13.3 Å². The minimum Gasteiger partial charge on any atom is -0.490 e. The monoisotopic (exact) mass is 243 g/mol. The van der Waals surface area contributed by atoms with Gasteiger partial charge in [-0.05, 0) is 13.0 Å². The van der Waals surface area contributed by atoms with Crippen LogP contribution in [0.4, 0.5) is 5.69 Å². The van der Waals surface area contributed by atoms with E-state index in [1.165, 1.54) is 0 Å². The number of halogens is 2. The molecule has 1 aromatic rings. The first-order chi connectivity index (χ1) is 7.15. The third-order valence-corrected chi connectivity index (χ3v) is 2.44. The van der Waals surface area contributed by atoms with Gasteiger partial charge in [0.2, 0.25) is 0 Å². The molecule has 0 saturated carbocycles. The average Bonchev–Trinajstić information content (AvgIpc) is 2.20. The molecule has 1 rings (SSSR count). The molecule has 0 aliphatic rings. The number of rotatable bonds is 3. The fourth-order valence-electron chi connectivity index (χ4n) is 1.01. The zero-order valence-corrected chi connectivity index (χ0v) is 9.82. The number of hydrogen-bond donors (Lipinski definition) is 1. The summed E-state index contributed by atoms with van der Waals surface area (Å²) in [6, 6.07) is 3.18. The van der Waals surface area contributed by atoms with Crippen molar-refractivity contribution in [3.05, 3.63) is 22.2 Å². The molecule has 0 amide bonds. The lowest BCUT2D eigenvalue weighted by Gasteiger charge is -2.08. The predicted octanol–water partition coefficient (Wildman–Crippen LogP) is 3.37. The summed E-state index contributed by atoms with van der Waals surface area (Å²) in [6.45, 7) is 2.27.